The van der Waals surface area contributed by atoms with Crippen LogP contribution in [-0.4, -0.2) is 18.4 Å². The fourth-order valence-electron chi connectivity index (χ4n) is 1.50. The molecule has 0 unspecified atom stereocenters. The van der Waals surface area contributed by atoms with Crippen molar-refractivity contribution in [1.82, 2.24) is 0 Å². The number of hydrazone groups is 1. The van der Waals surface area contributed by atoms with E-state index in [1.807, 2.05) is 30.3 Å². The second-order valence-electron chi connectivity index (χ2n) is 3.63. The van der Waals surface area contributed by atoms with Crippen molar-refractivity contribution in [2.45, 2.75) is 0 Å². The van der Waals surface area contributed by atoms with Gasteiger partial charge in [0.05, 0.1) is 19.0 Å². The van der Waals surface area contributed by atoms with E-state index < -0.39 is 0 Å². The minimum Gasteiger partial charge on any atom is -0.504 e. The number of nitrogens with zero attached hydrogens (tertiary/aromatic N) is 1. The lowest BCUT2D eigenvalue weighted by molar-refractivity contribution is 0.373. The van der Waals surface area contributed by atoms with Gasteiger partial charge in [-0.25, -0.2) is 0 Å². The standard InChI is InChI=1S/C14H14N2O2/c1-18-13-9-5-6-11(14(13)17)10-15-16-12-7-3-2-4-8-12/h2-10,16-17H,1H3/b15-10+. The number of hydrogen-bond acceptors (Lipinski definition) is 4. The molecule has 2 aromatic carbocycles. The molecule has 4 heteroatoms. The Labute approximate surface area is 106 Å². The first-order chi connectivity index (χ1) is 8.81. The molecule has 2 rings (SSSR count). The summed E-state index contributed by atoms with van der Waals surface area (Å²) in [7, 11) is 1.51. The zero-order valence-corrected chi connectivity index (χ0v) is 10.00. The van der Waals surface area contributed by atoms with Crippen LogP contribution < -0.4 is 10.2 Å². The third kappa shape index (κ3) is 2.79. The molecule has 92 valence electrons. The summed E-state index contributed by atoms with van der Waals surface area (Å²) >= 11 is 0. The lowest BCUT2D eigenvalue weighted by Gasteiger charge is -2.05. The van der Waals surface area contributed by atoms with Crippen LogP contribution in [0.4, 0.5) is 5.69 Å². The number of anilines is 1. The van der Waals surface area contributed by atoms with Crippen LogP contribution in [0.3, 0.4) is 0 Å². The van der Waals surface area contributed by atoms with E-state index in [0.29, 0.717) is 11.3 Å². The van der Waals surface area contributed by atoms with E-state index in [1.165, 1.54) is 7.11 Å². The van der Waals surface area contributed by atoms with E-state index in [2.05, 4.69) is 10.5 Å². The second-order valence-corrected chi connectivity index (χ2v) is 3.63. The van der Waals surface area contributed by atoms with Crippen molar-refractivity contribution >= 4 is 11.9 Å². The van der Waals surface area contributed by atoms with Gasteiger partial charge in [0.1, 0.15) is 0 Å². The number of nitrogens with one attached hydrogen (secondary N) is 1. The van der Waals surface area contributed by atoms with E-state index >= 15 is 0 Å². The van der Waals surface area contributed by atoms with Crippen LogP contribution in [0.15, 0.2) is 53.6 Å². The average molecular weight is 242 g/mol. The maximum atomic E-state index is 9.84. The number of phenols is 1. The van der Waals surface area contributed by atoms with Gasteiger partial charge in [-0.2, -0.15) is 5.10 Å². The van der Waals surface area contributed by atoms with Crippen LogP contribution in [-0.2, 0) is 0 Å². The maximum Gasteiger partial charge on any atom is 0.166 e. The molecule has 0 atom stereocenters. The molecule has 0 saturated carbocycles. The fourth-order valence-corrected chi connectivity index (χ4v) is 1.50. The van der Waals surface area contributed by atoms with Gasteiger partial charge in [0.25, 0.3) is 0 Å². The smallest absolute Gasteiger partial charge is 0.166 e. The summed E-state index contributed by atoms with van der Waals surface area (Å²) in [6, 6.07) is 14.8. The molecule has 0 aromatic heterocycles. The molecule has 2 aromatic rings. The zero-order valence-electron chi connectivity index (χ0n) is 10.00. The number of rotatable bonds is 4. The SMILES string of the molecule is COc1cccc(/C=N/Nc2ccccc2)c1O. The molecule has 18 heavy (non-hydrogen) atoms. The van der Waals surface area contributed by atoms with Crippen LogP contribution in [0.1, 0.15) is 5.56 Å². The van der Waals surface area contributed by atoms with E-state index in [9.17, 15) is 5.11 Å². The summed E-state index contributed by atoms with van der Waals surface area (Å²) in [4.78, 5) is 0. The van der Waals surface area contributed by atoms with E-state index in [4.69, 9.17) is 4.74 Å². The predicted octanol–water partition coefficient (Wildman–Crippen LogP) is 2.85. The van der Waals surface area contributed by atoms with Gasteiger partial charge in [-0.3, -0.25) is 5.43 Å². The van der Waals surface area contributed by atoms with Crippen molar-refractivity contribution in [2.24, 2.45) is 5.10 Å². The number of ether oxygens (including phenoxy) is 1. The molecular weight excluding hydrogens is 228 g/mol. The number of para-hydroxylation sites is 2. The Hall–Kier alpha value is -2.49. The summed E-state index contributed by atoms with van der Waals surface area (Å²) in [6.45, 7) is 0. The number of benzene rings is 2. The highest BCUT2D eigenvalue weighted by Crippen LogP contribution is 2.27. The molecule has 2 N–H and O–H groups in total. The molecule has 0 aliphatic carbocycles. The van der Waals surface area contributed by atoms with Crippen LogP contribution in [0.5, 0.6) is 11.5 Å². The van der Waals surface area contributed by atoms with Crippen molar-refractivity contribution in [3.63, 3.8) is 0 Å². The fraction of sp³-hybridized carbons (Fsp3) is 0.0714. The van der Waals surface area contributed by atoms with Crippen molar-refractivity contribution in [3.8, 4) is 11.5 Å². The quantitative estimate of drug-likeness (QED) is 0.640. The summed E-state index contributed by atoms with van der Waals surface area (Å²) in [5.41, 5.74) is 4.36. The van der Waals surface area contributed by atoms with Gasteiger partial charge in [-0.1, -0.05) is 24.3 Å². The molecule has 0 fully saturated rings. The van der Waals surface area contributed by atoms with E-state index in [0.717, 1.165) is 5.69 Å². The van der Waals surface area contributed by atoms with Gasteiger partial charge in [0.2, 0.25) is 0 Å². The third-order valence-corrected chi connectivity index (χ3v) is 2.42. The summed E-state index contributed by atoms with van der Waals surface area (Å²) in [5.74, 6) is 0.511. The monoisotopic (exact) mass is 242 g/mol. The van der Waals surface area contributed by atoms with E-state index in [1.54, 1.807) is 24.4 Å². The first-order valence-corrected chi connectivity index (χ1v) is 5.51. The summed E-state index contributed by atoms with van der Waals surface area (Å²) < 4.78 is 5.02. The second kappa shape index (κ2) is 5.72. The van der Waals surface area contributed by atoms with Crippen LogP contribution >= 0.6 is 0 Å². The zero-order chi connectivity index (χ0) is 12.8. The Morgan fingerprint density at radius 2 is 1.89 bits per heavy atom. The number of hydrogen-bond donors (Lipinski definition) is 2. The normalized spacial score (nSPS) is 10.5. The van der Waals surface area contributed by atoms with Gasteiger partial charge in [-0.15, -0.1) is 0 Å². The number of methoxy groups -OCH3 is 1. The molecule has 0 amide bonds. The average Bonchev–Trinajstić information content (AvgIpc) is 2.42. The lowest BCUT2D eigenvalue weighted by atomic mass is 10.2. The number of phenolic OH excluding ortho intramolecular Hbond substituents is 1. The third-order valence-electron chi connectivity index (χ3n) is 2.42. The Bertz CT molecular complexity index is 539. The Morgan fingerprint density at radius 3 is 2.61 bits per heavy atom. The molecular formula is C14H14N2O2. The molecule has 0 aliphatic rings. The topological polar surface area (TPSA) is 53.8 Å². The van der Waals surface area contributed by atoms with Gasteiger partial charge in [0.15, 0.2) is 11.5 Å². The van der Waals surface area contributed by atoms with Gasteiger partial charge < -0.3 is 9.84 Å². The lowest BCUT2D eigenvalue weighted by Crippen LogP contribution is -1.92. The Morgan fingerprint density at radius 1 is 1.11 bits per heavy atom. The van der Waals surface area contributed by atoms with Crippen molar-refractivity contribution in [3.05, 3.63) is 54.1 Å². The molecule has 4 nitrogen and oxygen atoms in total. The van der Waals surface area contributed by atoms with Crippen molar-refractivity contribution in [2.75, 3.05) is 12.5 Å². The van der Waals surface area contributed by atoms with Gasteiger partial charge >= 0.3 is 0 Å². The van der Waals surface area contributed by atoms with Crippen LogP contribution in [0, 0.1) is 0 Å². The Kier molecular flexibility index (Phi) is 3.81. The highest BCUT2D eigenvalue weighted by molar-refractivity contribution is 5.85. The largest absolute Gasteiger partial charge is 0.504 e. The first kappa shape index (κ1) is 12.0. The Balaban J connectivity index is 2.10. The molecule has 0 radical (unpaired) electrons. The van der Waals surface area contributed by atoms with Gasteiger partial charge in [-0.05, 0) is 24.3 Å². The summed E-state index contributed by atoms with van der Waals surface area (Å²) in [5, 5.41) is 13.9. The molecule has 0 heterocycles. The molecule has 0 saturated heterocycles. The van der Waals surface area contributed by atoms with Crippen LogP contribution in [0.25, 0.3) is 0 Å². The molecule has 0 bridgehead atoms. The highest BCUT2D eigenvalue weighted by Gasteiger charge is 2.04. The highest BCUT2D eigenvalue weighted by atomic mass is 16.5. The minimum absolute atomic E-state index is 0.0820. The molecule has 0 aliphatic heterocycles. The van der Waals surface area contributed by atoms with Gasteiger partial charge in [0, 0.05) is 5.56 Å². The van der Waals surface area contributed by atoms with Crippen LogP contribution in [0.2, 0.25) is 0 Å². The minimum atomic E-state index is 0.0820. The first-order valence-electron chi connectivity index (χ1n) is 5.51. The summed E-state index contributed by atoms with van der Waals surface area (Å²) in [6.07, 6.45) is 1.55. The maximum absolute atomic E-state index is 9.84. The molecule has 0 spiro atoms. The van der Waals surface area contributed by atoms with E-state index in [-0.39, 0.29) is 5.75 Å². The van der Waals surface area contributed by atoms with Crippen molar-refractivity contribution < 1.29 is 9.84 Å². The number of aromatic hydroxyl groups is 1. The van der Waals surface area contributed by atoms with Crippen molar-refractivity contribution in [1.29, 1.82) is 0 Å². The predicted molar refractivity (Wildman–Crippen MR) is 72.3 cm³/mol.